The zero-order chi connectivity index (χ0) is 26.5. The molecule has 0 bridgehead atoms. The minimum absolute atomic E-state index is 0.0115. The van der Waals surface area contributed by atoms with Crippen molar-refractivity contribution in [3.8, 4) is 22.5 Å². The molecule has 8 heteroatoms. The molecule has 5 aromatic rings. The molecule has 0 unspecified atom stereocenters. The van der Waals surface area contributed by atoms with E-state index >= 15 is 0 Å². The van der Waals surface area contributed by atoms with E-state index in [1.54, 1.807) is 0 Å². The second kappa shape index (κ2) is 11.3. The van der Waals surface area contributed by atoms with Gasteiger partial charge in [-0.15, -0.1) is 5.10 Å². The summed E-state index contributed by atoms with van der Waals surface area (Å²) in [6, 6.07) is 23.9. The SMILES string of the molecule is CCCc1nc(C)c(Cc2cccc(CO)c2)c(=O)n1Cc1ccc(-c2ccccc2-c2nnn[nH]2)cc1. The smallest absolute Gasteiger partial charge is 0.257 e. The number of H-pyrrole nitrogens is 1. The fourth-order valence-electron chi connectivity index (χ4n) is 4.77. The second-order valence-electron chi connectivity index (χ2n) is 9.38. The van der Waals surface area contributed by atoms with Crippen molar-refractivity contribution in [2.75, 3.05) is 0 Å². The Kier molecular flexibility index (Phi) is 7.51. The Balaban J connectivity index is 1.47. The Labute approximate surface area is 221 Å². The van der Waals surface area contributed by atoms with E-state index in [1.807, 2.05) is 60.0 Å². The van der Waals surface area contributed by atoms with Crippen molar-refractivity contribution in [2.45, 2.75) is 46.3 Å². The molecule has 0 fully saturated rings. The maximum atomic E-state index is 13.8. The van der Waals surface area contributed by atoms with Crippen LogP contribution in [0.5, 0.6) is 0 Å². The van der Waals surface area contributed by atoms with Crippen molar-refractivity contribution in [1.29, 1.82) is 0 Å². The summed E-state index contributed by atoms with van der Waals surface area (Å²) in [6.45, 7) is 4.42. The first-order chi connectivity index (χ1) is 18.6. The number of aryl methyl sites for hydroxylation is 2. The van der Waals surface area contributed by atoms with Crippen molar-refractivity contribution in [1.82, 2.24) is 30.2 Å². The van der Waals surface area contributed by atoms with Crippen LogP contribution >= 0.6 is 0 Å². The van der Waals surface area contributed by atoms with Gasteiger partial charge in [0.15, 0.2) is 5.82 Å². The highest BCUT2D eigenvalue weighted by Crippen LogP contribution is 2.29. The average Bonchev–Trinajstić information content (AvgIpc) is 3.49. The molecule has 5 rings (SSSR count). The molecule has 0 amide bonds. The third-order valence-corrected chi connectivity index (χ3v) is 6.71. The van der Waals surface area contributed by atoms with Crippen LogP contribution in [-0.2, 0) is 26.0 Å². The van der Waals surface area contributed by atoms with E-state index in [-0.39, 0.29) is 12.2 Å². The number of aromatic amines is 1. The van der Waals surface area contributed by atoms with Gasteiger partial charge in [0.1, 0.15) is 5.82 Å². The molecule has 8 nitrogen and oxygen atoms in total. The molecule has 3 aromatic carbocycles. The van der Waals surface area contributed by atoms with Crippen molar-refractivity contribution >= 4 is 0 Å². The van der Waals surface area contributed by atoms with Crippen LogP contribution < -0.4 is 5.56 Å². The molecule has 2 aromatic heterocycles. The molecule has 0 aliphatic rings. The molecule has 2 heterocycles. The Morgan fingerprint density at radius 3 is 2.39 bits per heavy atom. The summed E-state index contributed by atoms with van der Waals surface area (Å²) in [7, 11) is 0. The van der Waals surface area contributed by atoms with E-state index in [9.17, 15) is 9.90 Å². The monoisotopic (exact) mass is 506 g/mol. The minimum atomic E-state index is -0.0273. The van der Waals surface area contributed by atoms with Crippen molar-refractivity contribution in [2.24, 2.45) is 0 Å². The minimum Gasteiger partial charge on any atom is -0.392 e. The zero-order valence-corrected chi connectivity index (χ0v) is 21.6. The van der Waals surface area contributed by atoms with Crippen LogP contribution in [0.3, 0.4) is 0 Å². The van der Waals surface area contributed by atoms with Gasteiger partial charge < -0.3 is 5.11 Å². The van der Waals surface area contributed by atoms with Crippen LogP contribution in [0.25, 0.3) is 22.5 Å². The van der Waals surface area contributed by atoms with Gasteiger partial charge in [-0.05, 0) is 51.6 Å². The molecule has 192 valence electrons. The summed E-state index contributed by atoms with van der Waals surface area (Å²) < 4.78 is 1.81. The third-order valence-electron chi connectivity index (χ3n) is 6.71. The second-order valence-corrected chi connectivity index (χ2v) is 9.38. The van der Waals surface area contributed by atoms with E-state index < -0.39 is 0 Å². The van der Waals surface area contributed by atoms with Crippen molar-refractivity contribution < 1.29 is 5.11 Å². The largest absolute Gasteiger partial charge is 0.392 e. The first-order valence-electron chi connectivity index (χ1n) is 12.8. The quantitative estimate of drug-likeness (QED) is 0.305. The van der Waals surface area contributed by atoms with Crippen LogP contribution in [-0.4, -0.2) is 35.3 Å². The Bertz CT molecular complexity index is 1590. The lowest BCUT2D eigenvalue weighted by Gasteiger charge is -2.16. The summed E-state index contributed by atoms with van der Waals surface area (Å²) in [6.07, 6.45) is 2.10. The van der Waals surface area contributed by atoms with Gasteiger partial charge in [-0.25, -0.2) is 10.1 Å². The van der Waals surface area contributed by atoms with Crippen LogP contribution in [0.1, 0.15) is 47.1 Å². The van der Waals surface area contributed by atoms with E-state index in [4.69, 9.17) is 4.98 Å². The maximum Gasteiger partial charge on any atom is 0.257 e. The number of nitrogens with zero attached hydrogens (tertiary/aromatic N) is 5. The summed E-state index contributed by atoms with van der Waals surface area (Å²) in [5.41, 5.74) is 7.25. The number of nitrogens with one attached hydrogen (secondary N) is 1. The Morgan fingerprint density at radius 1 is 0.921 bits per heavy atom. The van der Waals surface area contributed by atoms with Gasteiger partial charge in [-0.2, -0.15) is 0 Å². The van der Waals surface area contributed by atoms with Crippen LogP contribution in [0.2, 0.25) is 0 Å². The summed E-state index contributed by atoms with van der Waals surface area (Å²) in [5, 5.41) is 23.8. The highest BCUT2D eigenvalue weighted by atomic mass is 16.3. The number of hydrogen-bond donors (Lipinski definition) is 2. The molecule has 0 spiro atoms. The number of hydrogen-bond acceptors (Lipinski definition) is 6. The maximum absolute atomic E-state index is 13.8. The molecule has 0 radical (unpaired) electrons. The normalized spacial score (nSPS) is 11.1. The highest BCUT2D eigenvalue weighted by Gasteiger charge is 2.16. The van der Waals surface area contributed by atoms with E-state index in [1.165, 1.54) is 0 Å². The number of tetrazole rings is 1. The predicted octanol–water partition coefficient (Wildman–Crippen LogP) is 4.48. The van der Waals surface area contributed by atoms with Gasteiger partial charge in [0, 0.05) is 29.7 Å². The average molecular weight is 507 g/mol. The molecule has 38 heavy (non-hydrogen) atoms. The molecule has 0 saturated heterocycles. The first kappa shape index (κ1) is 25.2. The van der Waals surface area contributed by atoms with Gasteiger partial charge >= 0.3 is 0 Å². The molecule has 0 saturated carbocycles. The van der Waals surface area contributed by atoms with Crippen molar-refractivity contribution in [3.05, 3.63) is 117 Å². The van der Waals surface area contributed by atoms with E-state index in [0.717, 1.165) is 57.7 Å². The molecular formula is C30H30N6O2. The molecular weight excluding hydrogens is 476 g/mol. The summed E-state index contributed by atoms with van der Waals surface area (Å²) in [4.78, 5) is 18.6. The lowest BCUT2D eigenvalue weighted by atomic mass is 9.98. The van der Waals surface area contributed by atoms with Gasteiger partial charge in [-0.1, -0.05) is 79.7 Å². The number of aliphatic hydroxyl groups excluding tert-OH is 1. The first-order valence-corrected chi connectivity index (χ1v) is 12.8. The number of rotatable bonds is 9. The van der Waals surface area contributed by atoms with Gasteiger partial charge in [0.2, 0.25) is 0 Å². The number of benzene rings is 3. The molecule has 0 atom stereocenters. The fraction of sp³-hybridized carbons (Fsp3) is 0.233. The van der Waals surface area contributed by atoms with Crippen LogP contribution in [0.15, 0.2) is 77.6 Å². The fourth-order valence-corrected chi connectivity index (χ4v) is 4.77. The summed E-state index contributed by atoms with van der Waals surface area (Å²) >= 11 is 0. The third kappa shape index (κ3) is 5.31. The van der Waals surface area contributed by atoms with E-state index in [0.29, 0.717) is 24.4 Å². The predicted molar refractivity (Wildman–Crippen MR) is 147 cm³/mol. The van der Waals surface area contributed by atoms with Crippen molar-refractivity contribution in [3.63, 3.8) is 0 Å². The number of aliphatic hydroxyl groups is 1. The highest BCUT2D eigenvalue weighted by molar-refractivity contribution is 5.80. The Morgan fingerprint density at radius 2 is 1.68 bits per heavy atom. The van der Waals surface area contributed by atoms with Crippen LogP contribution in [0, 0.1) is 6.92 Å². The van der Waals surface area contributed by atoms with Gasteiger partial charge in [-0.3, -0.25) is 9.36 Å². The van der Waals surface area contributed by atoms with Crippen LogP contribution in [0.4, 0.5) is 0 Å². The number of aromatic nitrogens is 6. The molecule has 0 aliphatic carbocycles. The lowest BCUT2D eigenvalue weighted by Crippen LogP contribution is -2.30. The molecule has 2 N–H and O–H groups in total. The summed E-state index contributed by atoms with van der Waals surface area (Å²) in [5.74, 6) is 1.42. The zero-order valence-electron chi connectivity index (χ0n) is 21.6. The van der Waals surface area contributed by atoms with E-state index in [2.05, 4.69) is 51.8 Å². The standard InChI is InChI=1S/C30H30N6O2/c1-3-7-28-31-20(2)27(17-22-8-6-9-23(16-22)19-37)30(38)36(28)18-21-12-14-24(15-13-21)25-10-4-5-11-26(25)29-32-34-35-33-29/h4-6,8-16,37H,3,7,17-19H2,1-2H3,(H,32,33,34,35). The lowest BCUT2D eigenvalue weighted by molar-refractivity contribution is 0.281. The molecule has 0 aliphatic heterocycles. The van der Waals surface area contributed by atoms with Gasteiger partial charge in [0.05, 0.1) is 13.2 Å². The van der Waals surface area contributed by atoms with Gasteiger partial charge in [0.25, 0.3) is 5.56 Å². The Hall–Kier alpha value is -4.43. The topological polar surface area (TPSA) is 110 Å².